The molecular formula is C18H16N6O. The molecule has 0 aliphatic rings. The van der Waals surface area contributed by atoms with E-state index < -0.39 is 0 Å². The van der Waals surface area contributed by atoms with Gasteiger partial charge >= 0.3 is 0 Å². The van der Waals surface area contributed by atoms with Gasteiger partial charge in [0, 0.05) is 6.54 Å². The van der Waals surface area contributed by atoms with Crippen molar-refractivity contribution in [2.24, 2.45) is 0 Å². The molecule has 7 heteroatoms. The number of nitrogens with zero attached hydrogens (tertiary/aromatic N) is 5. The Labute approximate surface area is 144 Å². The first-order valence-electron chi connectivity index (χ1n) is 7.92. The van der Waals surface area contributed by atoms with Crippen molar-refractivity contribution in [3.63, 3.8) is 0 Å². The number of hydrogen-bond acceptors (Lipinski definition) is 6. The standard InChI is InChI=1S/C18H16N6O/c1-2-8-16(9-3-1)25-13-15-7-5-4-6-14(15)12-19-17-10-11-18-20-22-23-24(18)21-17/h1-11H,12-13H2,(H,19,21). The van der Waals surface area contributed by atoms with Crippen LogP contribution in [0.25, 0.3) is 5.65 Å². The normalized spacial score (nSPS) is 10.7. The molecule has 0 fully saturated rings. The number of ether oxygens (including phenoxy) is 1. The first-order chi connectivity index (χ1) is 12.4. The Hall–Kier alpha value is -3.48. The van der Waals surface area contributed by atoms with E-state index in [4.69, 9.17) is 4.74 Å². The Kier molecular flexibility index (Phi) is 4.20. The maximum absolute atomic E-state index is 5.86. The number of hydrogen-bond donors (Lipinski definition) is 1. The van der Waals surface area contributed by atoms with Gasteiger partial charge in [-0.1, -0.05) is 42.5 Å². The zero-order valence-electron chi connectivity index (χ0n) is 13.4. The van der Waals surface area contributed by atoms with Gasteiger partial charge in [0.05, 0.1) is 0 Å². The fraction of sp³-hybridized carbons (Fsp3) is 0.111. The summed E-state index contributed by atoms with van der Waals surface area (Å²) in [6, 6.07) is 21.6. The maximum Gasteiger partial charge on any atom is 0.200 e. The average molecular weight is 332 g/mol. The van der Waals surface area contributed by atoms with Crippen LogP contribution in [0.3, 0.4) is 0 Å². The van der Waals surface area contributed by atoms with Gasteiger partial charge in [-0.25, -0.2) is 0 Å². The zero-order chi connectivity index (χ0) is 16.9. The van der Waals surface area contributed by atoms with Crippen LogP contribution < -0.4 is 10.1 Å². The highest BCUT2D eigenvalue weighted by molar-refractivity contribution is 5.43. The van der Waals surface area contributed by atoms with Gasteiger partial charge in [-0.2, -0.15) is 0 Å². The molecule has 0 atom stereocenters. The average Bonchev–Trinajstić information content (AvgIpc) is 3.14. The summed E-state index contributed by atoms with van der Waals surface area (Å²) in [7, 11) is 0. The van der Waals surface area contributed by atoms with Crippen molar-refractivity contribution in [1.82, 2.24) is 25.3 Å². The van der Waals surface area contributed by atoms with Gasteiger partial charge in [-0.3, -0.25) is 0 Å². The van der Waals surface area contributed by atoms with Crippen LogP contribution in [0.1, 0.15) is 11.1 Å². The first kappa shape index (κ1) is 15.1. The number of rotatable bonds is 6. The summed E-state index contributed by atoms with van der Waals surface area (Å²) >= 11 is 0. The summed E-state index contributed by atoms with van der Waals surface area (Å²) in [5.41, 5.74) is 2.89. The van der Waals surface area contributed by atoms with Crippen molar-refractivity contribution in [2.45, 2.75) is 13.2 Å². The predicted molar refractivity (Wildman–Crippen MR) is 93.1 cm³/mol. The lowest BCUT2D eigenvalue weighted by Crippen LogP contribution is -2.08. The number of benzene rings is 2. The van der Waals surface area contributed by atoms with Crippen molar-refractivity contribution in [1.29, 1.82) is 0 Å². The van der Waals surface area contributed by atoms with E-state index in [-0.39, 0.29) is 0 Å². The molecule has 0 aliphatic carbocycles. The van der Waals surface area contributed by atoms with Gasteiger partial charge in [-0.15, -0.1) is 14.8 Å². The van der Waals surface area contributed by atoms with Gasteiger partial charge in [0.1, 0.15) is 18.2 Å². The summed E-state index contributed by atoms with van der Waals surface area (Å²) < 4.78 is 7.25. The van der Waals surface area contributed by atoms with E-state index in [2.05, 4.69) is 38.1 Å². The monoisotopic (exact) mass is 332 g/mol. The molecule has 0 aliphatic heterocycles. The largest absolute Gasteiger partial charge is 0.489 e. The number of tetrazole rings is 1. The smallest absolute Gasteiger partial charge is 0.200 e. The van der Waals surface area contributed by atoms with Crippen LogP contribution in [0.15, 0.2) is 66.7 Å². The number of nitrogens with one attached hydrogen (secondary N) is 1. The van der Waals surface area contributed by atoms with E-state index in [1.165, 1.54) is 4.63 Å². The molecule has 2 aromatic carbocycles. The summed E-state index contributed by atoms with van der Waals surface area (Å²) in [6.07, 6.45) is 0. The molecule has 0 saturated heterocycles. The number of fused-ring (bicyclic) bond motifs is 1. The minimum Gasteiger partial charge on any atom is -0.489 e. The van der Waals surface area contributed by atoms with Crippen LogP contribution in [-0.2, 0) is 13.2 Å². The van der Waals surface area contributed by atoms with E-state index >= 15 is 0 Å². The van der Waals surface area contributed by atoms with Crippen LogP contribution in [0.4, 0.5) is 5.82 Å². The lowest BCUT2D eigenvalue weighted by molar-refractivity contribution is 0.305. The Morgan fingerprint density at radius 2 is 1.68 bits per heavy atom. The highest BCUT2D eigenvalue weighted by Crippen LogP contribution is 2.16. The van der Waals surface area contributed by atoms with Crippen molar-refractivity contribution >= 4 is 11.5 Å². The van der Waals surface area contributed by atoms with Crippen molar-refractivity contribution < 1.29 is 4.74 Å². The molecule has 0 bridgehead atoms. The van der Waals surface area contributed by atoms with E-state index in [1.54, 1.807) is 0 Å². The van der Waals surface area contributed by atoms with Gasteiger partial charge in [0.25, 0.3) is 0 Å². The van der Waals surface area contributed by atoms with Crippen LogP contribution in [0, 0.1) is 0 Å². The van der Waals surface area contributed by atoms with Gasteiger partial charge < -0.3 is 10.1 Å². The molecule has 0 amide bonds. The highest BCUT2D eigenvalue weighted by Gasteiger charge is 2.05. The van der Waals surface area contributed by atoms with Gasteiger partial charge in [0.2, 0.25) is 0 Å². The van der Waals surface area contributed by atoms with Crippen molar-refractivity contribution in [2.75, 3.05) is 5.32 Å². The Morgan fingerprint density at radius 1 is 0.880 bits per heavy atom. The Morgan fingerprint density at radius 3 is 2.56 bits per heavy atom. The van der Waals surface area contributed by atoms with Gasteiger partial charge in [0.15, 0.2) is 5.65 Å². The second-order valence-corrected chi connectivity index (χ2v) is 5.47. The molecule has 0 spiro atoms. The van der Waals surface area contributed by atoms with E-state index in [0.717, 1.165) is 16.9 Å². The number of aromatic nitrogens is 5. The Balaban J connectivity index is 1.45. The topological polar surface area (TPSA) is 77.2 Å². The van der Waals surface area contributed by atoms with E-state index in [1.807, 2.05) is 54.6 Å². The second kappa shape index (κ2) is 6.96. The zero-order valence-corrected chi connectivity index (χ0v) is 13.4. The molecule has 1 N–H and O–H groups in total. The fourth-order valence-corrected chi connectivity index (χ4v) is 2.48. The lowest BCUT2D eigenvalue weighted by atomic mass is 10.1. The third-order valence-corrected chi connectivity index (χ3v) is 3.79. The minimum atomic E-state index is 0.515. The second-order valence-electron chi connectivity index (χ2n) is 5.47. The minimum absolute atomic E-state index is 0.515. The molecule has 25 heavy (non-hydrogen) atoms. The fourth-order valence-electron chi connectivity index (χ4n) is 2.48. The molecule has 4 aromatic rings. The molecule has 0 radical (unpaired) electrons. The molecule has 124 valence electrons. The summed E-state index contributed by atoms with van der Waals surface area (Å²) in [6.45, 7) is 1.15. The maximum atomic E-state index is 5.86. The number of para-hydroxylation sites is 1. The van der Waals surface area contributed by atoms with Crippen molar-refractivity contribution in [3.05, 3.63) is 77.9 Å². The quantitative estimate of drug-likeness (QED) is 0.585. The lowest BCUT2D eigenvalue weighted by Gasteiger charge is -2.12. The third kappa shape index (κ3) is 3.55. The molecule has 2 heterocycles. The molecule has 7 nitrogen and oxygen atoms in total. The van der Waals surface area contributed by atoms with E-state index in [9.17, 15) is 0 Å². The van der Waals surface area contributed by atoms with Crippen LogP contribution in [-0.4, -0.2) is 25.3 Å². The van der Waals surface area contributed by atoms with Crippen LogP contribution in [0.2, 0.25) is 0 Å². The molecule has 4 rings (SSSR count). The molecule has 0 saturated carbocycles. The van der Waals surface area contributed by atoms with Gasteiger partial charge in [-0.05, 0) is 45.8 Å². The SMILES string of the molecule is c1ccc(OCc2ccccc2CNc2ccc3nnnn3n2)cc1. The number of anilines is 1. The highest BCUT2D eigenvalue weighted by atomic mass is 16.5. The van der Waals surface area contributed by atoms with Crippen LogP contribution in [0.5, 0.6) is 5.75 Å². The summed E-state index contributed by atoms with van der Waals surface area (Å²) in [4.78, 5) is 0. The predicted octanol–water partition coefficient (Wildman–Crippen LogP) is 2.71. The van der Waals surface area contributed by atoms with Crippen molar-refractivity contribution in [3.8, 4) is 5.75 Å². The Bertz CT molecular complexity index is 969. The third-order valence-electron chi connectivity index (χ3n) is 3.79. The summed E-state index contributed by atoms with van der Waals surface area (Å²) in [5, 5.41) is 18.8. The molecule has 2 aromatic heterocycles. The van der Waals surface area contributed by atoms with Crippen LogP contribution >= 0.6 is 0 Å². The molecular weight excluding hydrogens is 316 g/mol. The van der Waals surface area contributed by atoms with E-state index in [0.29, 0.717) is 24.6 Å². The first-order valence-corrected chi connectivity index (χ1v) is 7.92. The molecule has 0 unspecified atom stereocenters. The summed E-state index contributed by atoms with van der Waals surface area (Å²) in [5.74, 6) is 1.56.